The van der Waals surface area contributed by atoms with E-state index in [1.165, 1.54) is 0 Å². The quantitative estimate of drug-likeness (QED) is 0.691. The van der Waals surface area contributed by atoms with Crippen molar-refractivity contribution in [3.63, 3.8) is 0 Å². The molecule has 2 aromatic carbocycles. The zero-order valence-electron chi connectivity index (χ0n) is 15.5. The highest BCUT2D eigenvalue weighted by molar-refractivity contribution is 6.31. The molecule has 0 unspecified atom stereocenters. The van der Waals surface area contributed by atoms with Gasteiger partial charge in [0.1, 0.15) is 5.75 Å². The van der Waals surface area contributed by atoms with Gasteiger partial charge in [-0.15, -0.1) is 0 Å². The molecule has 0 aliphatic heterocycles. The van der Waals surface area contributed by atoms with Gasteiger partial charge in [0.25, 0.3) is 0 Å². The van der Waals surface area contributed by atoms with Crippen LogP contribution in [0.15, 0.2) is 48.5 Å². The van der Waals surface area contributed by atoms with Crippen molar-refractivity contribution in [3.8, 4) is 5.75 Å². The third-order valence-electron chi connectivity index (χ3n) is 3.94. The van der Waals surface area contributed by atoms with E-state index in [0.717, 1.165) is 11.3 Å². The van der Waals surface area contributed by atoms with Crippen molar-refractivity contribution >= 4 is 29.1 Å². The zero-order valence-corrected chi connectivity index (χ0v) is 16.3. The molecule has 144 valence electrons. The highest BCUT2D eigenvalue weighted by atomic mass is 35.5. The van der Waals surface area contributed by atoms with Crippen LogP contribution in [-0.4, -0.2) is 44.0 Å². The second-order valence-corrected chi connectivity index (χ2v) is 6.54. The van der Waals surface area contributed by atoms with Crippen molar-refractivity contribution in [3.05, 3.63) is 59.1 Å². The summed E-state index contributed by atoms with van der Waals surface area (Å²) in [6.07, 6.45) is 0.302. The topological polar surface area (TPSA) is 70.7 Å². The fourth-order valence-electron chi connectivity index (χ4n) is 2.42. The zero-order chi connectivity index (χ0) is 19.6. The Balaban J connectivity index is 1.68. The molecule has 2 aromatic rings. The van der Waals surface area contributed by atoms with Crippen LogP contribution in [0.5, 0.6) is 5.75 Å². The first-order valence-corrected chi connectivity index (χ1v) is 8.98. The number of rotatable bonds is 9. The number of hydrogen-bond acceptors (Lipinski definition) is 4. The van der Waals surface area contributed by atoms with Crippen LogP contribution in [0.4, 0.5) is 5.69 Å². The molecule has 0 aliphatic carbocycles. The molecule has 0 fully saturated rings. The Bertz CT molecular complexity index is 765. The van der Waals surface area contributed by atoms with Crippen molar-refractivity contribution < 1.29 is 14.3 Å². The van der Waals surface area contributed by atoms with Crippen molar-refractivity contribution in [2.24, 2.45) is 0 Å². The Labute approximate surface area is 164 Å². The third-order valence-corrected chi connectivity index (χ3v) is 4.31. The average molecular weight is 390 g/mol. The number of carbonyl (C=O) groups excluding carboxylic acids is 2. The molecule has 2 rings (SSSR count). The van der Waals surface area contributed by atoms with Gasteiger partial charge in [0.15, 0.2) is 0 Å². The van der Waals surface area contributed by atoms with E-state index in [1.807, 2.05) is 18.2 Å². The van der Waals surface area contributed by atoms with Gasteiger partial charge in [-0.05, 0) is 42.9 Å². The SMILES string of the molecule is COc1ccc(NC(=O)CN(C)CCC(=O)NCc2ccccc2Cl)cc1. The van der Waals surface area contributed by atoms with Gasteiger partial charge in [0.2, 0.25) is 11.8 Å². The Hall–Kier alpha value is -2.57. The summed E-state index contributed by atoms with van der Waals surface area (Å²) in [6, 6.07) is 14.5. The number of likely N-dealkylation sites (N-methyl/N-ethyl adjacent to an activating group) is 1. The molecule has 0 spiro atoms. The number of benzene rings is 2. The summed E-state index contributed by atoms with van der Waals surface area (Å²) < 4.78 is 5.08. The monoisotopic (exact) mass is 389 g/mol. The van der Waals surface area contributed by atoms with E-state index in [4.69, 9.17) is 16.3 Å². The number of halogens is 1. The molecule has 0 bridgehead atoms. The van der Waals surface area contributed by atoms with E-state index >= 15 is 0 Å². The van der Waals surface area contributed by atoms with Crippen LogP contribution in [0.2, 0.25) is 5.02 Å². The minimum atomic E-state index is -0.140. The second kappa shape index (κ2) is 10.5. The van der Waals surface area contributed by atoms with Gasteiger partial charge < -0.3 is 15.4 Å². The van der Waals surface area contributed by atoms with Crippen molar-refractivity contribution in [2.75, 3.05) is 32.6 Å². The minimum Gasteiger partial charge on any atom is -0.497 e. The molecule has 0 heterocycles. The minimum absolute atomic E-state index is 0.0858. The van der Waals surface area contributed by atoms with E-state index in [2.05, 4.69) is 10.6 Å². The molecular formula is C20H24ClN3O3. The molecule has 2 amide bonds. The fourth-order valence-corrected chi connectivity index (χ4v) is 2.62. The number of hydrogen-bond donors (Lipinski definition) is 2. The maximum atomic E-state index is 12.1. The molecule has 0 radical (unpaired) electrons. The number of ether oxygens (including phenoxy) is 1. The molecule has 0 saturated carbocycles. The van der Waals surface area contributed by atoms with E-state index in [9.17, 15) is 9.59 Å². The van der Waals surface area contributed by atoms with Gasteiger partial charge in [-0.2, -0.15) is 0 Å². The number of methoxy groups -OCH3 is 1. The standard InChI is InChI=1S/C20H24ClN3O3/c1-24(14-20(26)23-16-7-9-17(27-2)10-8-16)12-11-19(25)22-13-15-5-3-4-6-18(15)21/h3-10H,11-14H2,1-2H3,(H,22,25)(H,23,26). The first-order valence-electron chi connectivity index (χ1n) is 8.60. The van der Waals surface area contributed by atoms with Crippen LogP contribution >= 0.6 is 11.6 Å². The Kier molecular flexibility index (Phi) is 8.10. The summed E-state index contributed by atoms with van der Waals surface area (Å²) >= 11 is 6.06. The van der Waals surface area contributed by atoms with Gasteiger partial charge in [-0.1, -0.05) is 29.8 Å². The molecule has 2 N–H and O–H groups in total. The van der Waals surface area contributed by atoms with Crippen LogP contribution < -0.4 is 15.4 Å². The predicted molar refractivity (Wildman–Crippen MR) is 107 cm³/mol. The number of anilines is 1. The molecule has 6 nitrogen and oxygen atoms in total. The molecule has 0 aliphatic rings. The number of nitrogens with zero attached hydrogens (tertiary/aromatic N) is 1. The van der Waals surface area contributed by atoms with Crippen LogP contribution in [0.3, 0.4) is 0 Å². The first kappa shape index (κ1) is 20.7. The lowest BCUT2D eigenvalue weighted by atomic mass is 10.2. The summed E-state index contributed by atoms with van der Waals surface area (Å²) in [6.45, 7) is 1.06. The normalized spacial score (nSPS) is 10.5. The van der Waals surface area contributed by atoms with E-state index in [1.54, 1.807) is 49.4 Å². The summed E-state index contributed by atoms with van der Waals surface area (Å²) in [7, 11) is 3.39. The number of carbonyl (C=O) groups is 2. The van der Waals surface area contributed by atoms with Gasteiger partial charge in [0, 0.05) is 30.2 Å². The Morgan fingerprint density at radius 3 is 2.44 bits per heavy atom. The lowest BCUT2D eigenvalue weighted by Crippen LogP contribution is -2.33. The summed E-state index contributed by atoms with van der Waals surface area (Å²) in [5, 5.41) is 6.28. The second-order valence-electron chi connectivity index (χ2n) is 6.13. The Morgan fingerprint density at radius 2 is 1.78 bits per heavy atom. The van der Waals surface area contributed by atoms with Gasteiger partial charge in [0.05, 0.1) is 13.7 Å². The average Bonchev–Trinajstić information content (AvgIpc) is 2.66. The van der Waals surface area contributed by atoms with Gasteiger partial charge >= 0.3 is 0 Å². The van der Waals surface area contributed by atoms with E-state index in [0.29, 0.717) is 30.2 Å². The highest BCUT2D eigenvalue weighted by Crippen LogP contribution is 2.15. The summed E-state index contributed by atoms with van der Waals surface area (Å²) in [5.41, 5.74) is 1.58. The van der Waals surface area contributed by atoms with Crippen LogP contribution in [0, 0.1) is 0 Å². The van der Waals surface area contributed by atoms with Crippen molar-refractivity contribution in [2.45, 2.75) is 13.0 Å². The Morgan fingerprint density at radius 1 is 1.07 bits per heavy atom. The van der Waals surface area contributed by atoms with E-state index in [-0.39, 0.29) is 18.4 Å². The molecule has 27 heavy (non-hydrogen) atoms. The van der Waals surface area contributed by atoms with Crippen molar-refractivity contribution in [1.82, 2.24) is 10.2 Å². The smallest absolute Gasteiger partial charge is 0.238 e. The van der Waals surface area contributed by atoms with Crippen molar-refractivity contribution in [1.29, 1.82) is 0 Å². The molecule has 7 heteroatoms. The van der Waals surface area contributed by atoms with Crippen LogP contribution in [0.25, 0.3) is 0 Å². The van der Waals surface area contributed by atoms with Gasteiger partial charge in [-0.3, -0.25) is 14.5 Å². The first-order chi connectivity index (χ1) is 13.0. The summed E-state index contributed by atoms with van der Waals surface area (Å²) in [4.78, 5) is 25.8. The number of amides is 2. The van der Waals surface area contributed by atoms with Gasteiger partial charge in [-0.25, -0.2) is 0 Å². The third kappa shape index (κ3) is 7.29. The van der Waals surface area contributed by atoms with E-state index < -0.39 is 0 Å². The molecular weight excluding hydrogens is 366 g/mol. The highest BCUT2D eigenvalue weighted by Gasteiger charge is 2.10. The lowest BCUT2D eigenvalue weighted by molar-refractivity contribution is -0.122. The molecule has 0 aromatic heterocycles. The molecule has 0 saturated heterocycles. The van der Waals surface area contributed by atoms with Crippen LogP contribution in [0.1, 0.15) is 12.0 Å². The number of nitrogens with one attached hydrogen (secondary N) is 2. The predicted octanol–water partition coefficient (Wildman–Crippen LogP) is 2.93. The summed E-state index contributed by atoms with van der Waals surface area (Å²) in [5.74, 6) is 0.504. The maximum absolute atomic E-state index is 12.1. The lowest BCUT2D eigenvalue weighted by Gasteiger charge is -2.16. The largest absolute Gasteiger partial charge is 0.497 e. The molecule has 0 atom stereocenters. The maximum Gasteiger partial charge on any atom is 0.238 e. The van der Waals surface area contributed by atoms with Crippen LogP contribution in [-0.2, 0) is 16.1 Å². The fraction of sp³-hybridized carbons (Fsp3) is 0.300.